The number of aryl methyl sites for hydroxylation is 1. The molecular formula is C23H15Na3O9S. The fraction of sp³-hybridized carbons (Fsp3) is 0.0870. The first kappa shape index (κ1) is 35.0. The molecule has 0 atom stereocenters. The predicted molar refractivity (Wildman–Crippen MR) is 110 cm³/mol. The zero-order valence-electron chi connectivity index (χ0n) is 20.2. The Morgan fingerprint density at radius 3 is 2.06 bits per heavy atom. The number of Topliss-reactive ketones (excluding diaryl/α,β-unsaturated/α-hetero) is 1. The maximum absolute atomic E-state index is 12.3. The van der Waals surface area contributed by atoms with Gasteiger partial charge in [0, 0.05) is 5.56 Å². The molecule has 0 radical (unpaired) electrons. The van der Waals surface area contributed by atoms with Gasteiger partial charge in [0.1, 0.15) is 15.7 Å². The third-order valence-corrected chi connectivity index (χ3v) is 5.90. The van der Waals surface area contributed by atoms with Gasteiger partial charge in [-0.1, -0.05) is 35.6 Å². The largest absolute Gasteiger partial charge is 1.00 e. The average Bonchev–Trinajstić information content (AvgIpc) is 2.72. The van der Waals surface area contributed by atoms with E-state index in [2.05, 4.69) is 0 Å². The Morgan fingerprint density at radius 1 is 0.944 bits per heavy atom. The number of carboxylic acids is 2. The summed E-state index contributed by atoms with van der Waals surface area (Å²) in [5.74, 6) is -4.89. The van der Waals surface area contributed by atoms with Gasteiger partial charge < -0.3 is 24.7 Å². The molecule has 13 heteroatoms. The Hall–Kier alpha value is -1.02. The van der Waals surface area contributed by atoms with Crippen molar-refractivity contribution < 1.29 is 131 Å². The fourth-order valence-corrected chi connectivity index (χ4v) is 4.20. The van der Waals surface area contributed by atoms with Crippen LogP contribution in [-0.2, 0) is 19.7 Å². The molecule has 1 aliphatic carbocycles. The molecule has 0 fully saturated rings. The van der Waals surface area contributed by atoms with Gasteiger partial charge in [-0.2, -0.15) is 0 Å². The molecule has 0 unspecified atom stereocenters. The summed E-state index contributed by atoms with van der Waals surface area (Å²) in [6, 6.07) is 7.28. The Balaban J connectivity index is 0.00000408. The maximum Gasteiger partial charge on any atom is 1.00 e. The molecule has 0 heterocycles. The van der Waals surface area contributed by atoms with Crippen LogP contribution in [-0.4, -0.2) is 35.8 Å². The number of hydrogen-bond donors (Lipinski definition) is 1. The van der Waals surface area contributed by atoms with E-state index in [1.807, 2.05) is 0 Å². The number of ketones is 1. The van der Waals surface area contributed by atoms with Crippen LogP contribution in [0.25, 0.3) is 5.57 Å². The van der Waals surface area contributed by atoms with Crippen LogP contribution in [0, 0.1) is 6.92 Å². The van der Waals surface area contributed by atoms with Gasteiger partial charge in [0.15, 0.2) is 5.78 Å². The van der Waals surface area contributed by atoms with E-state index < -0.39 is 49.6 Å². The second-order valence-electron chi connectivity index (χ2n) is 7.26. The summed E-state index contributed by atoms with van der Waals surface area (Å²) in [6.07, 6.45) is 2.29. The molecule has 1 aliphatic rings. The van der Waals surface area contributed by atoms with Crippen molar-refractivity contribution in [2.24, 2.45) is 0 Å². The molecule has 170 valence electrons. The number of hydrogen-bond acceptors (Lipinski definition) is 8. The summed E-state index contributed by atoms with van der Waals surface area (Å²) in [5, 5.41) is 33.2. The quantitative estimate of drug-likeness (QED) is 0.221. The van der Waals surface area contributed by atoms with Crippen molar-refractivity contribution in [1.29, 1.82) is 0 Å². The van der Waals surface area contributed by atoms with Crippen molar-refractivity contribution in [3.05, 3.63) is 87.5 Å². The van der Waals surface area contributed by atoms with E-state index in [0.717, 1.165) is 18.2 Å². The Kier molecular flexibility index (Phi) is 13.3. The van der Waals surface area contributed by atoms with Crippen LogP contribution >= 0.6 is 0 Å². The van der Waals surface area contributed by atoms with Crippen LogP contribution in [0.15, 0.2) is 70.2 Å². The molecule has 0 bridgehead atoms. The van der Waals surface area contributed by atoms with Gasteiger partial charge >= 0.3 is 94.6 Å². The van der Waals surface area contributed by atoms with E-state index in [0.29, 0.717) is 0 Å². The van der Waals surface area contributed by atoms with Crippen molar-refractivity contribution in [2.45, 2.75) is 18.7 Å². The molecular weight excluding hydrogens is 521 g/mol. The van der Waals surface area contributed by atoms with E-state index in [9.17, 15) is 42.7 Å². The number of carbonyl (C=O) groups is 3. The Bertz CT molecular complexity index is 1440. The molecule has 0 aliphatic heterocycles. The predicted octanol–water partition coefficient (Wildman–Crippen LogP) is -8.31. The first-order chi connectivity index (χ1) is 15.3. The van der Waals surface area contributed by atoms with Crippen LogP contribution in [0.4, 0.5) is 0 Å². The molecule has 0 saturated heterocycles. The summed E-state index contributed by atoms with van der Waals surface area (Å²) in [6.45, 7) is 2.69. The smallest absolute Gasteiger partial charge is 0.872 e. The standard InChI is InChI=1S/C23H18O9S.3Na/c1-11-7-13(9-16(20(11)24)22(26)27)19(15-5-3-4-6-18(15)33(30,31)32)14-8-12(2)21(25)17(10-14)23(28)29;;;/h3-10,24H,1-2H3,(H,26,27)(H,28,29)(H,30,31,32);;;/q;3*+1/p-3/b19-14-;;;. The van der Waals surface area contributed by atoms with Crippen molar-refractivity contribution in [3.8, 4) is 5.75 Å². The van der Waals surface area contributed by atoms with Gasteiger partial charge in [-0.3, -0.25) is 4.79 Å². The Labute approximate surface area is 273 Å². The van der Waals surface area contributed by atoms with Crippen molar-refractivity contribution >= 4 is 33.4 Å². The summed E-state index contributed by atoms with van der Waals surface area (Å²) >= 11 is 0. The number of aliphatic carboxylic acids is 1. The second-order valence-corrected chi connectivity index (χ2v) is 8.61. The van der Waals surface area contributed by atoms with E-state index >= 15 is 0 Å². The van der Waals surface area contributed by atoms with E-state index in [1.165, 1.54) is 44.2 Å². The van der Waals surface area contributed by atoms with Crippen LogP contribution in [0.5, 0.6) is 5.75 Å². The summed E-state index contributed by atoms with van der Waals surface area (Å²) in [7, 11) is -5.02. The minimum absolute atomic E-state index is 0. The maximum atomic E-state index is 12.3. The molecule has 9 nitrogen and oxygen atoms in total. The normalized spacial score (nSPS) is 14.2. The van der Waals surface area contributed by atoms with Crippen LogP contribution in [0.1, 0.15) is 34.0 Å². The van der Waals surface area contributed by atoms with Gasteiger partial charge in [0.25, 0.3) is 0 Å². The number of rotatable bonds is 5. The molecule has 0 spiro atoms. The molecule has 0 saturated carbocycles. The zero-order valence-corrected chi connectivity index (χ0v) is 27.1. The number of allylic oxidation sites excluding steroid dienone is 4. The molecule has 2 aromatic rings. The van der Waals surface area contributed by atoms with Crippen LogP contribution < -0.4 is 98.9 Å². The SMILES string of the molecule is CC1=C/C(=C(\c2cc(C)c([O-])c(C(=O)[O-])c2)c2ccccc2S(=O)(=O)[O-])C=C(C(=O)O)C1=O.[Na+].[Na+].[Na+]. The second kappa shape index (κ2) is 13.7. The van der Waals surface area contributed by atoms with E-state index in [-0.39, 0.29) is 122 Å². The topological polar surface area (TPSA) is 175 Å². The third-order valence-electron chi connectivity index (χ3n) is 5.00. The van der Waals surface area contributed by atoms with Gasteiger partial charge in [0.05, 0.1) is 10.9 Å². The molecule has 0 amide bonds. The molecule has 1 N–H and O–H groups in total. The summed E-state index contributed by atoms with van der Waals surface area (Å²) < 4.78 is 35.8. The zero-order chi connectivity index (χ0) is 24.7. The van der Waals surface area contributed by atoms with E-state index in [1.54, 1.807) is 0 Å². The Morgan fingerprint density at radius 2 is 1.53 bits per heavy atom. The fourth-order valence-electron chi connectivity index (χ4n) is 3.52. The van der Waals surface area contributed by atoms with Crippen LogP contribution in [0.3, 0.4) is 0 Å². The van der Waals surface area contributed by atoms with Crippen molar-refractivity contribution in [3.63, 3.8) is 0 Å². The average molecular weight is 536 g/mol. The number of benzene rings is 2. The summed E-state index contributed by atoms with van der Waals surface area (Å²) in [5.41, 5.74) is -1.49. The van der Waals surface area contributed by atoms with Crippen LogP contribution in [0.2, 0.25) is 0 Å². The van der Waals surface area contributed by atoms with Gasteiger partial charge in [-0.15, -0.1) is 0 Å². The van der Waals surface area contributed by atoms with E-state index in [4.69, 9.17) is 0 Å². The van der Waals surface area contributed by atoms with Gasteiger partial charge in [0.2, 0.25) is 0 Å². The number of carbonyl (C=O) groups excluding carboxylic acids is 2. The molecule has 36 heavy (non-hydrogen) atoms. The monoisotopic (exact) mass is 536 g/mol. The molecule has 0 aromatic heterocycles. The first-order valence-electron chi connectivity index (χ1n) is 9.34. The van der Waals surface area contributed by atoms with Gasteiger partial charge in [-0.05, 0) is 66.0 Å². The molecule has 3 rings (SSSR count). The summed E-state index contributed by atoms with van der Waals surface area (Å²) in [4.78, 5) is 34.7. The minimum atomic E-state index is -5.02. The third kappa shape index (κ3) is 7.30. The molecule has 2 aromatic carbocycles. The number of carboxylic acid groups (broad SMARTS) is 2. The van der Waals surface area contributed by atoms with Crippen molar-refractivity contribution in [2.75, 3.05) is 0 Å². The van der Waals surface area contributed by atoms with Gasteiger partial charge in [-0.25, -0.2) is 13.2 Å². The minimum Gasteiger partial charge on any atom is -0.872 e. The number of aromatic carboxylic acids is 1. The first-order valence-corrected chi connectivity index (χ1v) is 10.7. The van der Waals surface area contributed by atoms with Crippen molar-refractivity contribution in [1.82, 2.24) is 0 Å².